The minimum absolute atomic E-state index is 0.0616. The topological polar surface area (TPSA) is 86.5 Å². The molecule has 1 aliphatic rings. The van der Waals surface area contributed by atoms with Gasteiger partial charge in [0.1, 0.15) is 17.5 Å². The van der Waals surface area contributed by atoms with E-state index < -0.39 is 11.8 Å². The third-order valence-corrected chi connectivity index (χ3v) is 6.09. The van der Waals surface area contributed by atoms with Crippen molar-refractivity contribution >= 4 is 29.2 Å². The van der Waals surface area contributed by atoms with Gasteiger partial charge in [-0.15, -0.1) is 0 Å². The van der Waals surface area contributed by atoms with E-state index in [0.717, 1.165) is 31.2 Å². The summed E-state index contributed by atoms with van der Waals surface area (Å²) >= 11 is 0. The second kappa shape index (κ2) is 9.58. The van der Waals surface area contributed by atoms with Gasteiger partial charge < -0.3 is 14.6 Å². The molecule has 5 rings (SSSR count). The lowest BCUT2D eigenvalue weighted by Gasteiger charge is -2.18. The number of hydrogen-bond donors (Lipinski definition) is 1. The Morgan fingerprint density at radius 3 is 2.69 bits per heavy atom. The molecule has 2 heterocycles. The molecule has 0 spiro atoms. The van der Waals surface area contributed by atoms with Gasteiger partial charge in [-0.2, -0.15) is 0 Å². The summed E-state index contributed by atoms with van der Waals surface area (Å²) in [5.74, 6) is 0.790. The predicted octanol–water partition coefficient (Wildman–Crippen LogP) is 5.76. The van der Waals surface area contributed by atoms with Gasteiger partial charge in [-0.3, -0.25) is 4.57 Å². The Hall–Kier alpha value is -4.20. The fourth-order valence-electron chi connectivity index (χ4n) is 4.35. The Morgan fingerprint density at radius 2 is 1.97 bits per heavy atom. The molecule has 35 heavy (non-hydrogen) atoms. The second-order valence-corrected chi connectivity index (χ2v) is 8.38. The van der Waals surface area contributed by atoms with Crippen LogP contribution in [0.4, 0.5) is 4.39 Å². The SMILES string of the molecule is COc1cccc(/C=C/c2nc3ccc(F)cc3n2-c2ccc(C(=O)O)cn2)c1OC1CCCC1. The van der Waals surface area contributed by atoms with E-state index in [4.69, 9.17) is 9.47 Å². The first kappa shape index (κ1) is 22.6. The van der Waals surface area contributed by atoms with E-state index in [1.807, 2.05) is 24.3 Å². The minimum atomic E-state index is -1.07. The Labute approximate surface area is 201 Å². The average molecular weight is 474 g/mol. The van der Waals surface area contributed by atoms with E-state index in [1.54, 1.807) is 29.9 Å². The van der Waals surface area contributed by atoms with Gasteiger partial charge >= 0.3 is 5.97 Å². The fraction of sp³-hybridized carbons (Fsp3) is 0.222. The number of ether oxygens (including phenoxy) is 2. The number of aromatic nitrogens is 3. The molecule has 1 fully saturated rings. The number of halogens is 1. The van der Waals surface area contributed by atoms with Gasteiger partial charge in [0.05, 0.1) is 29.8 Å². The van der Waals surface area contributed by atoms with Gasteiger partial charge in [0.25, 0.3) is 0 Å². The lowest BCUT2D eigenvalue weighted by molar-refractivity contribution is 0.0696. The molecule has 1 aliphatic carbocycles. The molecule has 7 nitrogen and oxygen atoms in total. The monoisotopic (exact) mass is 473 g/mol. The molecule has 178 valence electrons. The molecule has 0 amide bonds. The average Bonchev–Trinajstić information content (AvgIpc) is 3.50. The molecule has 0 atom stereocenters. The first-order valence-electron chi connectivity index (χ1n) is 11.4. The third kappa shape index (κ3) is 4.59. The van der Waals surface area contributed by atoms with Crippen molar-refractivity contribution in [3.8, 4) is 17.3 Å². The maximum absolute atomic E-state index is 14.1. The number of carboxylic acids is 1. The van der Waals surface area contributed by atoms with Crippen molar-refractivity contribution in [1.82, 2.24) is 14.5 Å². The second-order valence-electron chi connectivity index (χ2n) is 8.38. The van der Waals surface area contributed by atoms with Crippen LogP contribution < -0.4 is 9.47 Å². The molecule has 2 aromatic carbocycles. The molecule has 0 saturated heterocycles. The van der Waals surface area contributed by atoms with Gasteiger partial charge in [-0.25, -0.2) is 19.2 Å². The molecular weight excluding hydrogens is 449 g/mol. The first-order valence-corrected chi connectivity index (χ1v) is 11.4. The van der Waals surface area contributed by atoms with Crippen LogP contribution in [-0.4, -0.2) is 38.8 Å². The van der Waals surface area contributed by atoms with Gasteiger partial charge in [-0.05, 0) is 68.2 Å². The number of carboxylic acid groups (broad SMARTS) is 1. The van der Waals surface area contributed by atoms with Crippen LogP contribution in [-0.2, 0) is 0 Å². The first-order chi connectivity index (χ1) is 17.0. The number of fused-ring (bicyclic) bond motifs is 1. The molecule has 0 radical (unpaired) electrons. The van der Waals surface area contributed by atoms with Crippen LogP contribution >= 0.6 is 0 Å². The maximum atomic E-state index is 14.1. The van der Waals surface area contributed by atoms with Crippen molar-refractivity contribution in [3.05, 3.63) is 77.5 Å². The summed E-state index contributed by atoms with van der Waals surface area (Å²) in [4.78, 5) is 20.2. The van der Waals surface area contributed by atoms with Gasteiger partial charge in [0, 0.05) is 17.8 Å². The van der Waals surface area contributed by atoms with Crippen molar-refractivity contribution in [2.45, 2.75) is 31.8 Å². The van der Waals surface area contributed by atoms with Crippen molar-refractivity contribution < 1.29 is 23.8 Å². The quantitative estimate of drug-likeness (QED) is 0.367. The number of aromatic carboxylic acids is 1. The van der Waals surface area contributed by atoms with Crippen LogP contribution in [0.5, 0.6) is 11.5 Å². The summed E-state index contributed by atoms with van der Waals surface area (Å²) in [5, 5.41) is 9.21. The number of para-hydroxylation sites is 1. The van der Waals surface area contributed by atoms with Crippen LogP contribution in [0, 0.1) is 5.82 Å². The number of carbonyl (C=O) groups is 1. The lowest BCUT2D eigenvalue weighted by atomic mass is 10.1. The normalized spacial score (nSPS) is 14.1. The summed E-state index contributed by atoms with van der Waals surface area (Å²) < 4.78 is 27.7. The number of benzene rings is 2. The smallest absolute Gasteiger partial charge is 0.337 e. The van der Waals surface area contributed by atoms with E-state index in [0.29, 0.717) is 34.2 Å². The van der Waals surface area contributed by atoms with E-state index in [1.165, 1.54) is 24.4 Å². The Balaban J connectivity index is 1.59. The highest BCUT2D eigenvalue weighted by atomic mass is 19.1. The van der Waals surface area contributed by atoms with E-state index in [2.05, 4.69) is 9.97 Å². The minimum Gasteiger partial charge on any atom is -0.493 e. The molecule has 2 aromatic heterocycles. The number of pyridine rings is 1. The van der Waals surface area contributed by atoms with Crippen LogP contribution in [0.1, 0.15) is 47.4 Å². The maximum Gasteiger partial charge on any atom is 0.337 e. The zero-order valence-electron chi connectivity index (χ0n) is 19.1. The third-order valence-electron chi connectivity index (χ3n) is 6.09. The van der Waals surface area contributed by atoms with Crippen LogP contribution in [0.15, 0.2) is 54.7 Å². The van der Waals surface area contributed by atoms with Crippen LogP contribution in [0.3, 0.4) is 0 Å². The van der Waals surface area contributed by atoms with E-state index in [9.17, 15) is 14.3 Å². The van der Waals surface area contributed by atoms with Crippen LogP contribution in [0.2, 0.25) is 0 Å². The highest BCUT2D eigenvalue weighted by molar-refractivity contribution is 5.87. The number of imidazole rings is 1. The zero-order valence-corrected chi connectivity index (χ0v) is 19.1. The molecule has 0 aliphatic heterocycles. The molecule has 0 unspecified atom stereocenters. The summed E-state index contributed by atoms with van der Waals surface area (Å²) in [6, 6.07) is 13.1. The summed E-state index contributed by atoms with van der Waals surface area (Å²) in [6.45, 7) is 0. The highest BCUT2D eigenvalue weighted by Gasteiger charge is 2.20. The Morgan fingerprint density at radius 1 is 1.14 bits per heavy atom. The molecule has 1 saturated carbocycles. The van der Waals surface area contributed by atoms with Crippen molar-refractivity contribution in [1.29, 1.82) is 0 Å². The summed E-state index contributed by atoms with van der Waals surface area (Å²) in [5.41, 5.74) is 2.00. The van der Waals surface area contributed by atoms with E-state index >= 15 is 0 Å². The van der Waals surface area contributed by atoms with Gasteiger partial charge in [-0.1, -0.05) is 12.1 Å². The van der Waals surface area contributed by atoms with Crippen LogP contribution in [0.25, 0.3) is 29.0 Å². The molecule has 4 aromatic rings. The molecule has 0 bridgehead atoms. The van der Waals surface area contributed by atoms with Crippen molar-refractivity contribution in [3.63, 3.8) is 0 Å². The number of hydrogen-bond acceptors (Lipinski definition) is 5. The largest absolute Gasteiger partial charge is 0.493 e. The number of rotatable bonds is 7. The number of methoxy groups -OCH3 is 1. The number of nitrogens with zero attached hydrogens (tertiary/aromatic N) is 3. The fourth-order valence-corrected chi connectivity index (χ4v) is 4.35. The summed E-state index contributed by atoms with van der Waals surface area (Å²) in [7, 11) is 1.62. The Bertz CT molecular complexity index is 1410. The van der Waals surface area contributed by atoms with Gasteiger partial charge in [0.2, 0.25) is 0 Å². The zero-order chi connectivity index (χ0) is 24.4. The van der Waals surface area contributed by atoms with E-state index in [-0.39, 0.29) is 11.7 Å². The summed E-state index contributed by atoms with van der Waals surface area (Å²) in [6.07, 6.45) is 9.45. The molecular formula is C27H24FN3O4. The highest BCUT2D eigenvalue weighted by Crippen LogP contribution is 2.36. The van der Waals surface area contributed by atoms with Crippen molar-refractivity contribution in [2.75, 3.05) is 7.11 Å². The molecule has 8 heteroatoms. The lowest BCUT2D eigenvalue weighted by Crippen LogP contribution is -2.12. The van der Waals surface area contributed by atoms with Crippen molar-refractivity contribution in [2.24, 2.45) is 0 Å². The molecule has 1 N–H and O–H groups in total. The standard InChI is InChI=1S/C27H24FN3O4/c1-34-23-8-4-5-17(26(23)35-20-6-2-3-7-20)9-14-25-30-21-12-11-19(28)15-22(21)31(25)24-13-10-18(16-29-24)27(32)33/h4-5,8-16,20H,2-3,6-7H2,1H3,(H,32,33)/b14-9+. The van der Waals surface area contributed by atoms with Gasteiger partial charge in [0.15, 0.2) is 11.5 Å². The predicted molar refractivity (Wildman–Crippen MR) is 131 cm³/mol. The Kier molecular flexibility index (Phi) is 6.18.